The van der Waals surface area contributed by atoms with Gasteiger partial charge in [-0.3, -0.25) is 9.78 Å². The van der Waals surface area contributed by atoms with E-state index in [1.54, 1.807) is 12.1 Å². The molecular formula is C8H6N2O3. The monoisotopic (exact) mass is 178 g/mol. The molecule has 0 saturated carbocycles. The van der Waals surface area contributed by atoms with E-state index < -0.39 is 5.97 Å². The minimum atomic E-state index is -0.590. The highest BCUT2D eigenvalue weighted by molar-refractivity contribution is 5.65. The van der Waals surface area contributed by atoms with Crippen molar-refractivity contribution in [2.75, 3.05) is 0 Å². The fourth-order valence-electron chi connectivity index (χ4n) is 0.645. The van der Waals surface area contributed by atoms with Crippen LogP contribution in [-0.2, 0) is 9.68 Å². The molecule has 0 bridgehead atoms. The largest absolute Gasteiger partial charge is 0.352 e. The lowest BCUT2D eigenvalue weighted by Crippen LogP contribution is -2.04. The van der Waals surface area contributed by atoms with Gasteiger partial charge in [-0.2, -0.15) is 5.26 Å². The summed E-state index contributed by atoms with van der Waals surface area (Å²) in [6.45, 7) is 1.20. The minimum absolute atomic E-state index is 0.0729. The molecular weight excluding hydrogens is 172 g/mol. The number of aromatic nitrogens is 1. The molecule has 13 heavy (non-hydrogen) atoms. The van der Waals surface area contributed by atoms with E-state index in [1.807, 2.05) is 0 Å². The number of rotatable bonds is 2. The molecule has 0 spiro atoms. The highest BCUT2D eigenvalue weighted by Crippen LogP contribution is 2.13. The first-order chi connectivity index (χ1) is 6.24. The quantitative estimate of drug-likeness (QED) is 0.495. The maximum atomic E-state index is 10.4. The number of nitriles is 1. The molecule has 0 fully saturated rings. The van der Waals surface area contributed by atoms with E-state index in [-0.39, 0.29) is 11.4 Å². The van der Waals surface area contributed by atoms with Gasteiger partial charge in [-0.05, 0) is 12.1 Å². The van der Waals surface area contributed by atoms with E-state index in [0.29, 0.717) is 0 Å². The molecule has 5 nitrogen and oxygen atoms in total. The Morgan fingerprint density at radius 1 is 1.69 bits per heavy atom. The van der Waals surface area contributed by atoms with Gasteiger partial charge in [-0.25, -0.2) is 9.78 Å². The molecule has 0 aliphatic heterocycles. The zero-order valence-corrected chi connectivity index (χ0v) is 6.85. The Morgan fingerprint density at radius 2 is 2.46 bits per heavy atom. The van der Waals surface area contributed by atoms with Crippen molar-refractivity contribution in [3.63, 3.8) is 0 Å². The molecule has 0 radical (unpaired) electrons. The van der Waals surface area contributed by atoms with Gasteiger partial charge in [-0.1, -0.05) is 0 Å². The summed E-state index contributed by atoms with van der Waals surface area (Å²) in [5.41, 5.74) is 0.0729. The molecule has 0 aliphatic carbocycles. The Bertz CT molecular complexity index is 357. The Balaban J connectivity index is 2.77. The molecule has 0 amide bonds. The molecule has 0 aromatic carbocycles. The normalized spacial score (nSPS) is 8.62. The molecule has 0 atom stereocenters. The Hall–Kier alpha value is -2.09. The van der Waals surface area contributed by atoms with Crippen LogP contribution in [0.1, 0.15) is 12.6 Å². The van der Waals surface area contributed by atoms with Crippen molar-refractivity contribution in [2.45, 2.75) is 6.92 Å². The number of hydrogen-bond acceptors (Lipinski definition) is 5. The smallest absolute Gasteiger partial charge is 0.284 e. The SMILES string of the molecule is CC(=O)OOc1cccnc1C#N. The number of hydrogen-bond donors (Lipinski definition) is 0. The summed E-state index contributed by atoms with van der Waals surface area (Å²) in [7, 11) is 0. The first kappa shape index (κ1) is 9.00. The zero-order valence-electron chi connectivity index (χ0n) is 6.85. The molecule has 1 heterocycles. The van der Waals surface area contributed by atoms with Crippen molar-refractivity contribution in [3.8, 4) is 11.8 Å². The van der Waals surface area contributed by atoms with Crippen molar-refractivity contribution >= 4 is 5.97 Å². The third kappa shape index (κ3) is 2.45. The second-order valence-electron chi connectivity index (χ2n) is 2.12. The highest BCUT2D eigenvalue weighted by atomic mass is 17.2. The summed E-state index contributed by atoms with van der Waals surface area (Å²) >= 11 is 0. The van der Waals surface area contributed by atoms with Gasteiger partial charge in [0, 0.05) is 13.1 Å². The average Bonchev–Trinajstić information content (AvgIpc) is 2.15. The van der Waals surface area contributed by atoms with Gasteiger partial charge >= 0.3 is 5.97 Å². The zero-order chi connectivity index (χ0) is 9.68. The number of nitrogens with zero attached hydrogens (tertiary/aromatic N) is 2. The fraction of sp³-hybridized carbons (Fsp3) is 0.125. The number of carbonyl (C=O) groups excluding carboxylic acids is 1. The molecule has 0 saturated heterocycles. The Labute approximate surface area is 74.5 Å². The average molecular weight is 178 g/mol. The highest BCUT2D eigenvalue weighted by Gasteiger charge is 2.05. The molecule has 0 aliphatic rings. The molecule has 5 heteroatoms. The van der Waals surface area contributed by atoms with Crippen molar-refractivity contribution in [3.05, 3.63) is 24.0 Å². The minimum Gasteiger partial charge on any atom is -0.284 e. The lowest BCUT2D eigenvalue weighted by atomic mass is 10.3. The van der Waals surface area contributed by atoms with E-state index in [0.717, 1.165) is 0 Å². The lowest BCUT2D eigenvalue weighted by molar-refractivity contribution is -0.211. The summed E-state index contributed by atoms with van der Waals surface area (Å²) in [5.74, 6) is -0.465. The van der Waals surface area contributed by atoms with Gasteiger partial charge in [0.15, 0.2) is 5.69 Å². The molecule has 0 N–H and O–H groups in total. The second-order valence-corrected chi connectivity index (χ2v) is 2.12. The van der Waals surface area contributed by atoms with Crippen LogP contribution in [0.15, 0.2) is 18.3 Å². The van der Waals surface area contributed by atoms with Crippen LogP contribution in [0.3, 0.4) is 0 Å². The van der Waals surface area contributed by atoms with Gasteiger partial charge in [0.05, 0.1) is 0 Å². The topological polar surface area (TPSA) is 72.2 Å². The standard InChI is InChI=1S/C8H6N2O3/c1-6(11)12-13-8-3-2-4-10-7(8)5-9/h2-4H,1H3. The van der Waals surface area contributed by atoms with Crippen molar-refractivity contribution < 1.29 is 14.6 Å². The van der Waals surface area contributed by atoms with Crippen LogP contribution < -0.4 is 4.89 Å². The van der Waals surface area contributed by atoms with E-state index >= 15 is 0 Å². The molecule has 66 valence electrons. The van der Waals surface area contributed by atoms with Crippen LogP contribution in [0.4, 0.5) is 0 Å². The molecule has 1 aromatic heterocycles. The first-order valence-corrected chi connectivity index (χ1v) is 3.44. The van der Waals surface area contributed by atoms with E-state index in [4.69, 9.17) is 5.26 Å². The van der Waals surface area contributed by atoms with Gasteiger partial charge in [0.25, 0.3) is 0 Å². The van der Waals surface area contributed by atoms with Crippen LogP contribution >= 0.6 is 0 Å². The van der Waals surface area contributed by atoms with Gasteiger partial charge in [0.2, 0.25) is 5.75 Å². The molecule has 1 rings (SSSR count). The van der Waals surface area contributed by atoms with Crippen LogP contribution in [0.5, 0.6) is 5.75 Å². The maximum Gasteiger partial charge on any atom is 0.352 e. The second kappa shape index (κ2) is 4.07. The van der Waals surface area contributed by atoms with Crippen molar-refractivity contribution in [1.29, 1.82) is 5.26 Å². The summed E-state index contributed by atoms with van der Waals surface area (Å²) in [6.07, 6.45) is 1.44. The van der Waals surface area contributed by atoms with Crippen LogP contribution in [0.2, 0.25) is 0 Å². The Kier molecular flexibility index (Phi) is 2.82. The van der Waals surface area contributed by atoms with Crippen molar-refractivity contribution in [1.82, 2.24) is 4.98 Å². The summed E-state index contributed by atoms with van der Waals surface area (Å²) in [5, 5.41) is 8.55. The summed E-state index contributed by atoms with van der Waals surface area (Å²) < 4.78 is 0. The van der Waals surface area contributed by atoms with E-state index in [9.17, 15) is 4.79 Å². The number of pyridine rings is 1. The summed E-state index contributed by atoms with van der Waals surface area (Å²) in [6, 6.07) is 4.84. The van der Waals surface area contributed by atoms with E-state index in [2.05, 4.69) is 14.8 Å². The third-order valence-electron chi connectivity index (χ3n) is 1.13. The predicted molar refractivity (Wildman–Crippen MR) is 41.3 cm³/mol. The fourth-order valence-corrected chi connectivity index (χ4v) is 0.645. The van der Waals surface area contributed by atoms with Crippen LogP contribution in [0.25, 0.3) is 0 Å². The molecule has 0 unspecified atom stereocenters. The van der Waals surface area contributed by atoms with E-state index in [1.165, 1.54) is 19.2 Å². The maximum absolute atomic E-state index is 10.4. The van der Waals surface area contributed by atoms with Crippen LogP contribution in [0, 0.1) is 11.3 Å². The van der Waals surface area contributed by atoms with Gasteiger partial charge < -0.3 is 0 Å². The van der Waals surface area contributed by atoms with Gasteiger partial charge in [0.1, 0.15) is 6.07 Å². The molecule has 1 aromatic rings. The first-order valence-electron chi connectivity index (χ1n) is 3.44. The summed E-state index contributed by atoms with van der Waals surface area (Å²) in [4.78, 5) is 22.9. The predicted octanol–water partition coefficient (Wildman–Crippen LogP) is 0.810. The van der Waals surface area contributed by atoms with Crippen molar-refractivity contribution in [2.24, 2.45) is 0 Å². The van der Waals surface area contributed by atoms with Crippen LogP contribution in [-0.4, -0.2) is 11.0 Å². The third-order valence-corrected chi connectivity index (χ3v) is 1.13. The lowest BCUT2D eigenvalue weighted by Gasteiger charge is -2.01. The van der Waals surface area contributed by atoms with Gasteiger partial charge in [-0.15, -0.1) is 0 Å². The Morgan fingerprint density at radius 3 is 3.08 bits per heavy atom. The number of carbonyl (C=O) groups is 1.